The molecule has 0 aliphatic heterocycles. The van der Waals surface area contributed by atoms with E-state index in [9.17, 15) is 9.18 Å². The largest absolute Gasteiger partial charge is 0.294 e. The van der Waals surface area contributed by atoms with E-state index < -0.39 is 0 Å². The van der Waals surface area contributed by atoms with Gasteiger partial charge in [0.1, 0.15) is 5.82 Å². The van der Waals surface area contributed by atoms with Crippen LogP contribution in [0.2, 0.25) is 0 Å². The lowest BCUT2D eigenvalue weighted by Crippen LogP contribution is -2.08. The van der Waals surface area contributed by atoms with E-state index in [0.29, 0.717) is 5.56 Å². The average Bonchev–Trinajstić information content (AvgIpc) is 2.78. The van der Waals surface area contributed by atoms with Crippen LogP contribution in [0.1, 0.15) is 36.2 Å². The van der Waals surface area contributed by atoms with Gasteiger partial charge in [-0.15, -0.1) is 0 Å². The molecule has 2 rings (SSSR count). The Hall–Kier alpha value is -1.18. The summed E-state index contributed by atoms with van der Waals surface area (Å²) < 4.78 is 13.0. The van der Waals surface area contributed by atoms with Crippen molar-refractivity contribution in [3.8, 4) is 0 Å². The molecule has 0 radical (unpaired) electrons. The zero-order valence-electron chi connectivity index (χ0n) is 9.30. The van der Waals surface area contributed by atoms with Crippen molar-refractivity contribution in [2.24, 2.45) is 11.3 Å². The van der Waals surface area contributed by atoms with Gasteiger partial charge in [0.15, 0.2) is 5.78 Å². The second kappa shape index (κ2) is 3.16. The Balaban J connectivity index is 2.30. The van der Waals surface area contributed by atoms with Crippen molar-refractivity contribution in [1.82, 2.24) is 0 Å². The number of carbonyl (C=O) groups is 1. The molecular formula is C13H15FO. The van der Waals surface area contributed by atoms with Crippen LogP contribution < -0.4 is 0 Å². The summed E-state index contributed by atoms with van der Waals surface area (Å²) >= 11 is 0. The number of ketones is 1. The van der Waals surface area contributed by atoms with Crippen molar-refractivity contribution < 1.29 is 9.18 Å². The summed E-state index contributed by atoms with van der Waals surface area (Å²) in [6.07, 6.45) is 0.918. The highest BCUT2D eigenvalue weighted by Crippen LogP contribution is 2.53. The van der Waals surface area contributed by atoms with Gasteiger partial charge in [-0.05, 0) is 36.5 Å². The quantitative estimate of drug-likeness (QED) is 0.678. The third-order valence-electron chi connectivity index (χ3n) is 3.29. The zero-order valence-corrected chi connectivity index (χ0v) is 9.30. The summed E-state index contributed by atoms with van der Waals surface area (Å²) in [4.78, 5) is 12.0. The van der Waals surface area contributed by atoms with E-state index in [4.69, 9.17) is 0 Å². The molecular weight excluding hydrogens is 191 g/mol. The zero-order chi connectivity index (χ0) is 11.2. The van der Waals surface area contributed by atoms with Gasteiger partial charge < -0.3 is 0 Å². The molecule has 1 unspecified atom stereocenters. The van der Waals surface area contributed by atoms with E-state index in [1.165, 1.54) is 12.1 Å². The molecule has 2 heteroatoms. The van der Waals surface area contributed by atoms with Gasteiger partial charge in [-0.1, -0.05) is 19.9 Å². The van der Waals surface area contributed by atoms with Crippen LogP contribution in [0.5, 0.6) is 0 Å². The Labute approximate surface area is 89.3 Å². The van der Waals surface area contributed by atoms with Crippen LogP contribution >= 0.6 is 0 Å². The first-order valence-corrected chi connectivity index (χ1v) is 5.22. The van der Waals surface area contributed by atoms with Crippen LogP contribution in [0.15, 0.2) is 18.2 Å². The highest BCUT2D eigenvalue weighted by molar-refractivity contribution is 6.01. The highest BCUT2D eigenvalue weighted by Gasteiger charge is 2.50. The van der Waals surface area contributed by atoms with Gasteiger partial charge in [-0.25, -0.2) is 4.39 Å². The van der Waals surface area contributed by atoms with Crippen LogP contribution in [0.3, 0.4) is 0 Å². The molecule has 80 valence electrons. The van der Waals surface area contributed by atoms with Gasteiger partial charge in [0.2, 0.25) is 0 Å². The van der Waals surface area contributed by atoms with Crippen LogP contribution in [0.25, 0.3) is 0 Å². The molecule has 15 heavy (non-hydrogen) atoms. The molecule has 1 atom stereocenters. The van der Waals surface area contributed by atoms with Gasteiger partial charge in [0.25, 0.3) is 0 Å². The SMILES string of the molecule is Cc1ccc(F)cc1C(=O)C1CC1(C)C. The average molecular weight is 206 g/mol. The van der Waals surface area contributed by atoms with Gasteiger partial charge >= 0.3 is 0 Å². The topological polar surface area (TPSA) is 17.1 Å². The van der Waals surface area contributed by atoms with Gasteiger partial charge in [-0.3, -0.25) is 4.79 Å². The number of benzene rings is 1. The van der Waals surface area contributed by atoms with Crippen molar-refractivity contribution in [3.63, 3.8) is 0 Å². The van der Waals surface area contributed by atoms with Crippen molar-refractivity contribution >= 4 is 5.78 Å². The summed E-state index contributed by atoms with van der Waals surface area (Å²) in [6, 6.07) is 4.41. The smallest absolute Gasteiger partial charge is 0.166 e. The Bertz CT molecular complexity index is 421. The summed E-state index contributed by atoms with van der Waals surface area (Å²) in [5.41, 5.74) is 1.52. The van der Waals surface area contributed by atoms with E-state index in [2.05, 4.69) is 13.8 Å². The first-order chi connectivity index (χ1) is 6.92. The fourth-order valence-electron chi connectivity index (χ4n) is 1.96. The molecule has 1 aliphatic rings. The van der Waals surface area contributed by atoms with E-state index in [1.807, 2.05) is 6.92 Å². The molecule has 1 aromatic rings. The maximum absolute atomic E-state index is 13.0. The number of aryl methyl sites for hydroxylation is 1. The standard InChI is InChI=1S/C13H15FO/c1-8-4-5-9(14)6-10(8)12(15)11-7-13(11,2)3/h4-6,11H,7H2,1-3H3. The number of hydrogen-bond donors (Lipinski definition) is 0. The van der Waals surface area contributed by atoms with E-state index in [1.54, 1.807) is 6.07 Å². The van der Waals surface area contributed by atoms with Crippen molar-refractivity contribution in [2.45, 2.75) is 27.2 Å². The Morgan fingerprint density at radius 1 is 1.47 bits per heavy atom. The Morgan fingerprint density at radius 3 is 2.60 bits per heavy atom. The van der Waals surface area contributed by atoms with Crippen LogP contribution in [-0.2, 0) is 0 Å². The lowest BCUT2D eigenvalue weighted by Gasteiger charge is -2.06. The minimum Gasteiger partial charge on any atom is -0.294 e. The molecule has 1 saturated carbocycles. The molecule has 0 heterocycles. The predicted molar refractivity (Wildman–Crippen MR) is 57.4 cm³/mol. The second-order valence-corrected chi connectivity index (χ2v) is 5.07. The van der Waals surface area contributed by atoms with E-state index in [-0.39, 0.29) is 22.9 Å². The molecule has 0 amide bonds. The van der Waals surface area contributed by atoms with Crippen LogP contribution in [-0.4, -0.2) is 5.78 Å². The first kappa shape index (κ1) is 10.3. The van der Waals surface area contributed by atoms with Crippen LogP contribution in [0.4, 0.5) is 4.39 Å². The Kier molecular flexibility index (Phi) is 2.18. The van der Waals surface area contributed by atoms with Crippen molar-refractivity contribution in [2.75, 3.05) is 0 Å². The number of rotatable bonds is 2. The van der Waals surface area contributed by atoms with Gasteiger partial charge in [-0.2, -0.15) is 0 Å². The summed E-state index contributed by atoms with van der Waals surface area (Å²) in [7, 11) is 0. The lowest BCUT2D eigenvalue weighted by molar-refractivity contribution is 0.0952. The monoisotopic (exact) mass is 206 g/mol. The fraction of sp³-hybridized carbons (Fsp3) is 0.462. The molecule has 0 bridgehead atoms. The predicted octanol–water partition coefficient (Wildman–Crippen LogP) is 3.36. The van der Waals surface area contributed by atoms with Crippen molar-refractivity contribution in [3.05, 3.63) is 35.1 Å². The number of halogens is 1. The first-order valence-electron chi connectivity index (χ1n) is 5.22. The fourth-order valence-corrected chi connectivity index (χ4v) is 1.96. The molecule has 0 aromatic heterocycles. The third-order valence-corrected chi connectivity index (χ3v) is 3.29. The highest BCUT2D eigenvalue weighted by atomic mass is 19.1. The molecule has 1 aliphatic carbocycles. The summed E-state index contributed by atoms with van der Waals surface area (Å²) in [5.74, 6) is -0.155. The minimum absolute atomic E-state index is 0.0815. The summed E-state index contributed by atoms with van der Waals surface area (Å²) in [6.45, 7) is 6.00. The molecule has 0 saturated heterocycles. The van der Waals surface area contributed by atoms with Crippen molar-refractivity contribution in [1.29, 1.82) is 0 Å². The lowest BCUT2D eigenvalue weighted by atomic mass is 9.98. The number of Topliss-reactive ketones (excluding diaryl/α,β-unsaturated/α-hetero) is 1. The third kappa shape index (κ3) is 1.81. The Morgan fingerprint density at radius 2 is 2.07 bits per heavy atom. The minimum atomic E-state index is -0.331. The molecule has 1 nitrogen and oxygen atoms in total. The van der Waals surface area contributed by atoms with Gasteiger partial charge in [0, 0.05) is 11.5 Å². The van der Waals surface area contributed by atoms with Gasteiger partial charge in [0.05, 0.1) is 0 Å². The molecule has 1 aromatic carbocycles. The number of hydrogen-bond acceptors (Lipinski definition) is 1. The molecule has 0 N–H and O–H groups in total. The maximum atomic E-state index is 13.0. The van der Waals surface area contributed by atoms with E-state index in [0.717, 1.165) is 12.0 Å². The number of carbonyl (C=O) groups excluding carboxylic acids is 1. The van der Waals surface area contributed by atoms with E-state index >= 15 is 0 Å². The summed E-state index contributed by atoms with van der Waals surface area (Å²) in [5, 5.41) is 0. The normalized spacial score (nSPS) is 22.5. The molecule has 0 spiro atoms. The second-order valence-electron chi connectivity index (χ2n) is 5.07. The molecule has 1 fully saturated rings. The maximum Gasteiger partial charge on any atom is 0.166 e. The van der Waals surface area contributed by atoms with Crippen LogP contribution in [0, 0.1) is 24.1 Å².